The van der Waals surface area contributed by atoms with Crippen molar-refractivity contribution in [3.05, 3.63) is 35.6 Å². The summed E-state index contributed by atoms with van der Waals surface area (Å²) in [7, 11) is 0. The van der Waals surface area contributed by atoms with Crippen LogP contribution in [0.5, 0.6) is 0 Å². The van der Waals surface area contributed by atoms with Crippen molar-refractivity contribution in [3.8, 4) is 0 Å². The van der Waals surface area contributed by atoms with Crippen LogP contribution in [0.15, 0.2) is 35.6 Å². The third-order valence-electron chi connectivity index (χ3n) is 2.70. The molecule has 0 aromatic carbocycles. The van der Waals surface area contributed by atoms with Gasteiger partial charge in [-0.1, -0.05) is 39.0 Å². The maximum absolute atomic E-state index is 3.49. The molecule has 0 bridgehead atoms. The van der Waals surface area contributed by atoms with E-state index in [0.717, 1.165) is 6.54 Å². The third kappa shape index (κ3) is 3.58. The van der Waals surface area contributed by atoms with E-state index in [1.54, 1.807) is 0 Å². The van der Waals surface area contributed by atoms with Gasteiger partial charge in [0, 0.05) is 12.2 Å². The number of allylic oxidation sites excluding steroid dienone is 5. The van der Waals surface area contributed by atoms with Crippen LogP contribution in [0.1, 0.15) is 40.0 Å². The Morgan fingerprint density at radius 2 is 1.87 bits per heavy atom. The zero-order chi connectivity index (χ0) is 11.1. The summed E-state index contributed by atoms with van der Waals surface area (Å²) in [6, 6.07) is 0. The summed E-state index contributed by atoms with van der Waals surface area (Å²) in [5.41, 5.74) is 2.83. The summed E-state index contributed by atoms with van der Waals surface area (Å²) in [5.74, 6) is 0.578. The molecular weight excluding hydrogens is 182 g/mol. The van der Waals surface area contributed by atoms with E-state index in [1.807, 2.05) is 13.8 Å². The van der Waals surface area contributed by atoms with E-state index in [9.17, 15) is 0 Å². The molecule has 1 atom stereocenters. The second kappa shape index (κ2) is 6.49. The first-order chi connectivity index (χ1) is 7.36. The van der Waals surface area contributed by atoms with E-state index in [4.69, 9.17) is 0 Å². The van der Waals surface area contributed by atoms with Gasteiger partial charge in [-0.05, 0) is 36.8 Å². The standard InChI is InChI=1S/C12H17N.C2H6/c1-10-5-7-11-4-2-3-9-13-12(11)8-6-10;1-2/h5-8,10,13H,2-4,9H2,1H3;1-2H3. The van der Waals surface area contributed by atoms with Gasteiger partial charge < -0.3 is 5.32 Å². The lowest BCUT2D eigenvalue weighted by Crippen LogP contribution is -2.12. The van der Waals surface area contributed by atoms with Crippen LogP contribution in [0, 0.1) is 5.92 Å². The third-order valence-corrected chi connectivity index (χ3v) is 2.70. The molecule has 0 amide bonds. The van der Waals surface area contributed by atoms with E-state index >= 15 is 0 Å². The molecule has 1 N–H and O–H groups in total. The minimum absolute atomic E-state index is 0.578. The fraction of sp³-hybridized carbons (Fsp3) is 0.571. The highest BCUT2D eigenvalue weighted by Crippen LogP contribution is 2.21. The van der Waals surface area contributed by atoms with Crippen molar-refractivity contribution in [2.24, 2.45) is 5.92 Å². The van der Waals surface area contributed by atoms with Gasteiger partial charge in [-0.2, -0.15) is 0 Å². The van der Waals surface area contributed by atoms with E-state index in [2.05, 4.69) is 36.5 Å². The molecule has 1 unspecified atom stereocenters. The van der Waals surface area contributed by atoms with Gasteiger partial charge in [0.15, 0.2) is 0 Å². The van der Waals surface area contributed by atoms with Gasteiger partial charge in [0.1, 0.15) is 0 Å². The van der Waals surface area contributed by atoms with Crippen LogP contribution in [-0.2, 0) is 0 Å². The van der Waals surface area contributed by atoms with Crippen molar-refractivity contribution < 1.29 is 0 Å². The Hall–Kier alpha value is -0.980. The molecule has 0 spiro atoms. The van der Waals surface area contributed by atoms with Gasteiger partial charge in [-0.15, -0.1) is 0 Å². The first-order valence-corrected chi connectivity index (χ1v) is 6.20. The van der Waals surface area contributed by atoms with Crippen LogP contribution in [0.3, 0.4) is 0 Å². The smallest absolute Gasteiger partial charge is 0.0369 e. The molecule has 0 fully saturated rings. The Labute approximate surface area is 94.0 Å². The van der Waals surface area contributed by atoms with Crippen molar-refractivity contribution in [3.63, 3.8) is 0 Å². The molecule has 1 heterocycles. The highest BCUT2D eigenvalue weighted by Gasteiger charge is 2.08. The van der Waals surface area contributed by atoms with Crippen LogP contribution < -0.4 is 5.32 Å². The molecule has 0 saturated heterocycles. The van der Waals surface area contributed by atoms with Crippen molar-refractivity contribution >= 4 is 0 Å². The summed E-state index contributed by atoms with van der Waals surface area (Å²) >= 11 is 0. The van der Waals surface area contributed by atoms with Crippen molar-refractivity contribution in [2.45, 2.75) is 40.0 Å². The average molecular weight is 205 g/mol. The predicted molar refractivity (Wildman–Crippen MR) is 67.7 cm³/mol. The molecule has 1 aliphatic heterocycles. The van der Waals surface area contributed by atoms with Gasteiger partial charge in [0.05, 0.1) is 0 Å². The average Bonchev–Trinajstić information content (AvgIpc) is 2.59. The minimum atomic E-state index is 0.578. The van der Waals surface area contributed by atoms with Crippen LogP contribution in [0.25, 0.3) is 0 Å². The summed E-state index contributed by atoms with van der Waals surface area (Å²) in [6.07, 6.45) is 12.9. The topological polar surface area (TPSA) is 12.0 Å². The molecule has 0 radical (unpaired) electrons. The molecule has 2 rings (SSSR count). The Balaban J connectivity index is 0.000000531. The molecule has 0 aromatic rings. The molecular formula is C14H23N. The van der Waals surface area contributed by atoms with Gasteiger partial charge in [-0.25, -0.2) is 0 Å². The van der Waals surface area contributed by atoms with Gasteiger partial charge in [0.25, 0.3) is 0 Å². The quantitative estimate of drug-likeness (QED) is 0.634. The molecule has 2 aliphatic rings. The van der Waals surface area contributed by atoms with Crippen LogP contribution in [0.4, 0.5) is 0 Å². The van der Waals surface area contributed by atoms with Gasteiger partial charge in [-0.3, -0.25) is 0 Å². The molecule has 1 aliphatic carbocycles. The van der Waals surface area contributed by atoms with Gasteiger partial charge in [0.2, 0.25) is 0 Å². The van der Waals surface area contributed by atoms with Crippen LogP contribution >= 0.6 is 0 Å². The van der Waals surface area contributed by atoms with Crippen LogP contribution in [0.2, 0.25) is 0 Å². The second-order valence-electron chi connectivity index (χ2n) is 3.90. The lowest BCUT2D eigenvalue weighted by atomic mass is 10.1. The molecule has 0 saturated carbocycles. The maximum atomic E-state index is 3.49. The minimum Gasteiger partial charge on any atom is -0.385 e. The molecule has 84 valence electrons. The predicted octanol–water partition coefficient (Wildman–Crippen LogP) is 3.80. The summed E-state index contributed by atoms with van der Waals surface area (Å²) in [6.45, 7) is 7.35. The highest BCUT2D eigenvalue weighted by molar-refractivity contribution is 5.36. The zero-order valence-electron chi connectivity index (χ0n) is 10.2. The van der Waals surface area contributed by atoms with Gasteiger partial charge >= 0.3 is 0 Å². The number of hydrogen-bond acceptors (Lipinski definition) is 1. The Kier molecular flexibility index (Phi) is 5.23. The number of nitrogens with one attached hydrogen (secondary N) is 1. The fourth-order valence-electron chi connectivity index (χ4n) is 1.83. The van der Waals surface area contributed by atoms with Crippen LogP contribution in [-0.4, -0.2) is 6.54 Å². The Morgan fingerprint density at radius 1 is 1.13 bits per heavy atom. The maximum Gasteiger partial charge on any atom is 0.0369 e. The van der Waals surface area contributed by atoms with Crippen molar-refractivity contribution in [1.29, 1.82) is 0 Å². The first kappa shape index (κ1) is 12.1. The highest BCUT2D eigenvalue weighted by atomic mass is 14.9. The largest absolute Gasteiger partial charge is 0.385 e. The molecule has 15 heavy (non-hydrogen) atoms. The first-order valence-electron chi connectivity index (χ1n) is 6.20. The molecule has 1 heteroatoms. The monoisotopic (exact) mass is 205 g/mol. The summed E-state index contributed by atoms with van der Waals surface area (Å²) < 4.78 is 0. The Morgan fingerprint density at radius 3 is 2.67 bits per heavy atom. The second-order valence-corrected chi connectivity index (χ2v) is 3.90. The summed E-state index contributed by atoms with van der Waals surface area (Å²) in [5, 5.41) is 3.49. The number of rotatable bonds is 0. The zero-order valence-corrected chi connectivity index (χ0v) is 10.2. The Bertz CT molecular complexity index is 245. The summed E-state index contributed by atoms with van der Waals surface area (Å²) in [4.78, 5) is 0. The normalized spacial score (nSPS) is 24.3. The fourth-order valence-corrected chi connectivity index (χ4v) is 1.83. The molecule has 0 aromatic heterocycles. The number of hydrogen-bond donors (Lipinski definition) is 1. The SMILES string of the molecule is CC.CC1C=CC2=C(C=C1)NCCCC2. The lowest BCUT2D eigenvalue weighted by molar-refractivity contribution is 0.719. The molecule has 1 nitrogen and oxygen atoms in total. The van der Waals surface area contributed by atoms with Crippen molar-refractivity contribution in [1.82, 2.24) is 5.32 Å². The van der Waals surface area contributed by atoms with E-state index in [0.29, 0.717) is 5.92 Å². The van der Waals surface area contributed by atoms with E-state index in [-0.39, 0.29) is 0 Å². The van der Waals surface area contributed by atoms with E-state index in [1.165, 1.54) is 30.5 Å². The lowest BCUT2D eigenvalue weighted by Gasteiger charge is -2.05. The van der Waals surface area contributed by atoms with Crippen molar-refractivity contribution in [2.75, 3.05) is 6.54 Å². The van der Waals surface area contributed by atoms with E-state index < -0.39 is 0 Å².